The number of halogens is 1. The summed E-state index contributed by atoms with van der Waals surface area (Å²) in [7, 11) is 0. The Bertz CT molecular complexity index is 2180. The number of benzene rings is 4. The molecule has 1 aliphatic rings. The van der Waals surface area contributed by atoms with Crippen LogP contribution in [0.1, 0.15) is 45.9 Å². The number of pyridine rings is 1. The molecule has 272 valence electrons. The Hall–Kier alpha value is -5.44. The maximum atomic E-state index is 11.8. The number of hydrogen-bond donors (Lipinski definition) is 5. The van der Waals surface area contributed by atoms with Crippen LogP contribution in [0.4, 0.5) is 5.69 Å². The molecule has 1 aromatic heterocycles. The first-order valence-electron chi connectivity index (χ1n) is 17.4. The number of nitrogens with zero attached hydrogens (tertiary/aromatic N) is 2. The molecule has 1 aliphatic heterocycles. The van der Waals surface area contributed by atoms with Gasteiger partial charge in [-0.05, 0) is 83.5 Å². The number of nitrogens with one attached hydrogen (secondary N) is 3. The van der Waals surface area contributed by atoms with Gasteiger partial charge in [0.25, 0.3) is 0 Å². The van der Waals surface area contributed by atoms with Crippen molar-refractivity contribution in [2.45, 2.75) is 52.6 Å². The molecule has 0 saturated heterocycles. The standard InChI is InChI=1S/C42H42ClN5O5/c1-26-32(6-4-8-35(26)36-9-5-7-34(27(36)2)30-10-11-31-21-45-12-13-47-38(31)16-30)24-53-40-17-39(52-23-29-14-28(18-44)19-46-20-29)33(15-37(40)43)22-48-42(3,25-49)41(50)51/h4-11,14-17,19-20,45,47-49H,12-13,21-25H2,1-3H3,(H,50,51)/t42-/m0/s1. The minimum absolute atomic E-state index is 0.0356. The molecule has 5 aromatic rings. The molecule has 0 saturated carbocycles. The highest BCUT2D eigenvalue weighted by Crippen LogP contribution is 2.38. The van der Waals surface area contributed by atoms with E-state index in [4.69, 9.17) is 21.1 Å². The van der Waals surface area contributed by atoms with Gasteiger partial charge in [-0.15, -0.1) is 0 Å². The van der Waals surface area contributed by atoms with Crippen LogP contribution in [0.3, 0.4) is 0 Å². The van der Waals surface area contributed by atoms with Gasteiger partial charge in [0, 0.05) is 61.5 Å². The number of aliphatic hydroxyl groups excluding tert-OH is 1. The summed E-state index contributed by atoms with van der Waals surface area (Å²) < 4.78 is 12.5. The van der Waals surface area contributed by atoms with E-state index in [1.807, 2.05) is 12.1 Å². The third kappa shape index (κ3) is 8.46. The fourth-order valence-corrected chi connectivity index (χ4v) is 6.58. The molecule has 0 unspecified atom stereocenters. The fourth-order valence-electron chi connectivity index (χ4n) is 6.34. The highest BCUT2D eigenvalue weighted by Gasteiger charge is 2.32. The van der Waals surface area contributed by atoms with Crippen LogP contribution in [0, 0.1) is 25.2 Å². The molecular formula is C42H42ClN5O5. The number of carboxylic acids is 1. The lowest BCUT2D eigenvalue weighted by atomic mass is 9.89. The predicted molar refractivity (Wildman–Crippen MR) is 206 cm³/mol. The Kier molecular flexibility index (Phi) is 11.6. The summed E-state index contributed by atoms with van der Waals surface area (Å²) in [5, 5.41) is 38.9. The largest absolute Gasteiger partial charge is 0.488 e. The van der Waals surface area contributed by atoms with Gasteiger partial charge in [0.05, 0.1) is 17.2 Å². The Morgan fingerprint density at radius 1 is 0.943 bits per heavy atom. The highest BCUT2D eigenvalue weighted by molar-refractivity contribution is 6.32. The Morgan fingerprint density at radius 2 is 1.70 bits per heavy atom. The summed E-state index contributed by atoms with van der Waals surface area (Å²) in [5.74, 6) is -0.420. The minimum atomic E-state index is -1.58. The van der Waals surface area contributed by atoms with Crippen molar-refractivity contribution < 1.29 is 24.5 Å². The monoisotopic (exact) mass is 731 g/mol. The van der Waals surface area contributed by atoms with E-state index in [1.165, 1.54) is 41.1 Å². The SMILES string of the molecule is Cc1c(COc2cc(OCc3cncc(C#N)c3)c(CN[C@@](C)(CO)C(=O)O)cc2Cl)cccc1-c1cccc(-c2ccc3c(c2)NCCNC3)c1C. The quantitative estimate of drug-likeness (QED) is 0.0845. The Morgan fingerprint density at radius 3 is 2.47 bits per heavy atom. The molecule has 4 aromatic carbocycles. The number of aromatic nitrogens is 1. The van der Waals surface area contributed by atoms with Gasteiger partial charge >= 0.3 is 5.97 Å². The predicted octanol–water partition coefficient (Wildman–Crippen LogP) is 7.16. The third-order valence-corrected chi connectivity index (χ3v) is 9.99. The second-order valence-electron chi connectivity index (χ2n) is 13.4. The van der Waals surface area contributed by atoms with Gasteiger partial charge in [0.15, 0.2) is 0 Å². The molecule has 0 radical (unpaired) electrons. The number of hydrogen-bond acceptors (Lipinski definition) is 9. The average Bonchev–Trinajstić information content (AvgIpc) is 3.42. The number of carbonyl (C=O) groups is 1. The molecule has 5 N–H and O–H groups in total. The molecule has 53 heavy (non-hydrogen) atoms. The van der Waals surface area contributed by atoms with Crippen LogP contribution in [0.25, 0.3) is 22.3 Å². The molecule has 0 bridgehead atoms. The number of carboxylic acid groups (broad SMARTS) is 1. The van der Waals surface area contributed by atoms with E-state index in [0.717, 1.165) is 41.9 Å². The van der Waals surface area contributed by atoms with E-state index in [9.17, 15) is 20.3 Å². The van der Waals surface area contributed by atoms with E-state index < -0.39 is 18.1 Å². The lowest BCUT2D eigenvalue weighted by Crippen LogP contribution is -2.52. The molecule has 10 nitrogen and oxygen atoms in total. The smallest absolute Gasteiger partial charge is 0.326 e. The second-order valence-corrected chi connectivity index (χ2v) is 13.8. The first-order chi connectivity index (χ1) is 25.6. The third-order valence-electron chi connectivity index (χ3n) is 9.70. The zero-order chi connectivity index (χ0) is 37.5. The number of aliphatic hydroxyl groups is 1. The summed E-state index contributed by atoms with van der Waals surface area (Å²) in [6.07, 6.45) is 3.07. The second kappa shape index (κ2) is 16.5. The van der Waals surface area contributed by atoms with Gasteiger partial charge in [-0.2, -0.15) is 5.26 Å². The van der Waals surface area contributed by atoms with E-state index in [1.54, 1.807) is 24.4 Å². The molecule has 2 heterocycles. The number of nitriles is 1. The number of anilines is 1. The van der Waals surface area contributed by atoms with Gasteiger partial charge in [0.1, 0.15) is 36.3 Å². The molecule has 1 atom stereocenters. The number of rotatable bonds is 13. The molecular weight excluding hydrogens is 690 g/mol. The number of aliphatic carboxylic acids is 1. The van der Waals surface area contributed by atoms with Crippen molar-refractivity contribution in [1.82, 2.24) is 15.6 Å². The van der Waals surface area contributed by atoms with E-state index in [2.05, 4.69) is 83.3 Å². The van der Waals surface area contributed by atoms with E-state index in [0.29, 0.717) is 33.2 Å². The maximum Gasteiger partial charge on any atom is 0.326 e. The minimum Gasteiger partial charge on any atom is -0.488 e. The molecule has 11 heteroatoms. The van der Waals surface area contributed by atoms with Gasteiger partial charge in [-0.1, -0.05) is 60.1 Å². The molecule has 0 fully saturated rings. The van der Waals surface area contributed by atoms with Crippen LogP contribution in [-0.4, -0.2) is 46.4 Å². The Balaban J connectivity index is 1.26. The summed E-state index contributed by atoms with van der Waals surface area (Å²) in [4.78, 5) is 15.9. The van der Waals surface area contributed by atoms with Gasteiger partial charge in [-0.25, -0.2) is 0 Å². The highest BCUT2D eigenvalue weighted by atomic mass is 35.5. The van der Waals surface area contributed by atoms with Crippen LogP contribution in [0.2, 0.25) is 5.02 Å². The normalized spacial score (nSPS) is 13.5. The summed E-state index contributed by atoms with van der Waals surface area (Å²) >= 11 is 6.76. The molecule has 0 amide bonds. The van der Waals surface area contributed by atoms with Crippen molar-refractivity contribution in [3.05, 3.63) is 129 Å². The van der Waals surface area contributed by atoms with E-state index >= 15 is 0 Å². The van der Waals surface area contributed by atoms with Gasteiger partial charge in [-0.3, -0.25) is 15.1 Å². The summed E-state index contributed by atoms with van der Waals surface area (Å²) in [6.45, 7) is 8.05. The van der Waals surface area contributed by atoms with Crippen molar-refractivity contribution in [2.24, 2.45) is 0 Å². The van der Waals surface area contributed by atoms with Gasteiger partial charge in [0.2, 0.25) is 0 Å². The van der Waals surface area contributed by atoms with Crippen molar-refractivity contribution in [3.8, 4) is 39.8 Å². The van der Waals surface area contributed by atoms with Crippen molar-refractivity contribution >= 4 is 23.3 Å². The van der Waals surface area contributed by atoms with Crippen LogP contribution in [0.5, 0.6) is 11.5 Å². The first kappa shape index (κ1) is 37.3. The van der Waals surface area contributed by atoms with Crippen LogP contribution < -0.4 is 25.4 Å². The van der Waals surface area contributed by atoms with Crippen molar-refractivity contribution in [1.29, 1.82) is 5.26 Å². The molecule has 6 rings (SSSR count). The van der Waals surface area contributed by atoms with Crippen LogP contribution in [0.15, 0.2) is 85.2 Å². The Labute approximate surface area is 314 Å². The van der Waals surface area contributed by atoms with Crippen LogP contribution >= 0.6 is 11.6 Å². The van der Waals surface area contributed by atoms with Crippen molar-refractivity contribution in [3.63, 3.8) is 0 Å². The lowest BCUT2D eigenvalue weighted by Gasteiger charge is -2.25. The van der Waals surface area contributed by atoms with Gasteiger partial charge < -0.3 is 30.3 Å². The molecule has 0 aliphatic carbocycles. The maximum absolute atomic E-state index is 11.8. The average molecular weight is 732 g/mol. The number of fused-ring (bicyclic) bond motifs is 1. The fraction of sp³-hybridized carbons (Fsp3) is 0.262. The zero-order valence-corrected chi connectivity index (χ0v) is 30.7. The number of ether oxygens (including phenoxy) is 2. The summed E-state index contributed by atoms with van der Waals surface area (Å²) in [6, 6.07) is 26.3. The zero-order valence-electron chi connectivity index (χ0n) is 29.9. The summed E-state index contributed by atoms with van der Waals surface area (Å²) in [5.41, 5.74) is 10.3. The lowest BCUT2D eigenvalue weighted by molar-refractivity contribution is -0.145. The first-order valence-corrected chi connectivity index (χ1v) is 17.8. The van der Waals surface area contributed by atoms with E-state index in [-0.39, 0.29) is 19.8 Å². The van der Waals surface area contributed by atoms with Crippen LogP contribution in [-0.2, 0) is 31.1 Å². The topological polar surface area (TPSA) is 149 Å². The molecule has 0 spiro atoms. The van der Waals surface area contributed by atoms with Crippen molar-refractivity contribution in [2.75, 3.05) is 25.0 Å².